The van der Waals surface area contributed by atoms with Crippen LogP contribution in [0.25, 0.3) is 16.3 Å². The van der Waals surface area contributed by atoms with Crippen LogP contribution >= 0.6 is 22.9 Å². The molecule has 18 heavy (non-hydrogen) atoms. The molecule has 3 rings (SSSR count). The molecule has 0 unspecified atom stereocenters. The number of hydrogen-bond donors (Lipinski definition) is 1. The second kappa shape index (κ2) is 4.44. The van der Waals surface area contributed by atoms with Crippen LogP contribution in [0.5, 0.6) is 0 Å². The number of nitrogen functional groups attached to an aromatic ring is 1. The highest BCUT2D eigenvalue weighted by atomic mass is 35.5. The number of anilines is 1. The Morgan fingerprint density at radius 3 is 2.89 bits per heavy atom. The van der Waals surface area contributed by atoms with Gasteiger partial charge in [-0.2, -0.15) is 0 Å². The number of halogens is 1. The van der Waals surface area contributed by atoms with Crippen LogP contribution in [0.2, 0.25) is 5.02 Å². The van der Waals surface area contributed by atoms with E-state index in [4.69, 9.17) is 17.3 Å². The number of nitrogens with zero attached hydrogens (tertiary/aromatic N) is 3. The quantitative estimate of drug-likeness (QED) is 0.731. The summed E-state index contributed by atoms with van der Waals surface area (Å²) in [6, 6.07) is 9.37. The predicted molar refractivity (Wildman–Crippen MR) is 74.1 cm³/mol. The summed E-state index contributed by atoms with van der Waals surface area (Å²) in [6.45, 7) is 0. The molecule has 2 heterocycles. The molecule has 0 saturated carbocycles. The van der Waals surface area contributed by atoms with Crippen molar-refractivity contribution < 1.29 is 0 Å². The van der Waals surface area contributed by atoms with Crippen LogP contribution in [-0.2, 0) is 0 Å². The molecule has 0 spiro atoms. The van der Waals surface area contributed by atoms with Gasteiger partial charge in [0.1, 0.15) is 5.69 Å². The third-order valence-electron chi connectivity index (χ3n) is 2.51. The summed E-state index contributed by atoms with van der Waals surface area (Å²) >= 11 is 7.51. The van der Waals surface area contributed by atoms with Crippen molar-refractivity contribution in [3.63, 3.8) is 0 Å². The number of hydrogen-bond acceptors (Lipinski definition) is 4. The van der Waals surface area contributed by atoms with Crippen LogP contribution in [0.4, 0.5) is 5.69 Å². The summed E-state index contributed by atoms with van der Waals surface area (Å²) < 4.78 is 1.68. The standard InChI is InChI=1S/C12H9ClN4S/c13-9-4-3-8(6-10(9)14)17-7-11(15-16-17)12-2-1-5-18-12/h1-7H,14H2. The molecule has 0 aliphatic carbocycles. The summed E-state index contributed by atoms with van der Waals surface area (Å²) in [5.74, 6) is 0. The molecule has 4 nitrogen and oxygen atoms in total. The van der Waals surface area contributed by atoms with Crippen molar-refractivity contribution >= 4 is 28.6 Å². The molecule has 3 aromatic rings. The molecule has 2 aromatic heterocycles. The largest absolute Gasteiger partial charge is 0.397 e. The second-order valence-corrected chi connectivity index (χ2v) is 5.09. The number of rotatable bonds is 2. The van der Waals surface area contributed by atoms with Gasteiger partial charge in [0.05, 0.1) is 27.5 Å². The Kier molecular flexibility index (Phi) is 2.77. The lowest BCUT2D eigenvalue weighted by atomic mass is 10.3. The third-order valence-corrected chi connectivity index (χ3v) is 3.75. The van der Waals surface area contributed by atoms with Gasteiger partial charge in [-0.3, -0.25) is 0 Å². The smallest absolute Gasteiger partial charge is 0.123 e. The summed E-state index contributed by atoms with van der Waals surface area (Å²) in [5, 5.41) is 10.8. The molecule has 90 valence electrons. The number of nitrogens with two attached hydrogens (primary N) is 1. The lowest BCUT2D eigenvalue weighted by molar-refractivity contribution is 0.804. The van der Waals surface area contributed by atoms with E-state index in [1.165, 1.54) is 0 Å². The zero-order valence-corrected chi connectivity index (χ0v) is 10.8. The number of benzene rings is 1. The van der Waals surface area contributed by atoms with Gasteiger partial charge < -0.3 is 5.73 Å². The fourth-order valence-corrected chi connectivity index (χ4v) is 2.39. The zero-order chi connectivity index (χ0) is 12.5. The Labute approximate surface area is 113 Å². The highest BCUT2D eigenvalue weighted by Gasteiger charge is 2.07. The summed E-state index contributed by atoms with van der Waals surface area (Å²) in [4.78, 5) is 1.09. The highest BCUT2D eigenvalue weighted by molar-refractivity contribution is 7.13. The maximum absolute atomic E-state index is 5.89. The Balaban J connectivity index is 2.00. The van der Waals surface area contributed by atoms with E-state index in [1.54, 1.807) is 28.2 Å². The molecule has 0 radical (unpaired) electrons. The van der Waals surface area contributed by atoms with Gasteiger partial charge >= 0.3 is 0 Å². The van der Waals surface area contributed by atoms with Crippen molar-refractivity contribution in [2.45, 2.75) is 0 Å². The Hall–Kier alpha value is -1.85. The summed E-state index contributed by atoms with van der Waals surface area (Å²) in [5.41, 5.74) is 7.98. The fourth-order valence-electron chi connectivity index (χ4n) is 1.60. The second-order valence-electron chi connectivity index (χ2n) is 3.73. The molecular weight excluding hydrogens is 268 g/mol. The normalized spacial score (nSPS) is 10.7. The first-order valence-electron chi connectivity index (χ1n) is 5.25. The van der Waals surface area contributed by atoms with Gasteiger partial charge in [0.25, 0.3) is 0 Å². The van der Waals surface area contributed by atoms with Gasteiger partial charge in [0.15, 0.2) is 0 Å². The maximum Gasteiger partial charge on any atom is 0.123 e. The molecule has 0 aliphatic heterocycles. The Morgan fingerprint density at radius 2 is 2.17 bits per heavy atom. The molecule has 0 amide bonds. The molecule has 0 saturated heterocycles. The Bertz CT molecular complexity index is 675. The zero-order valence-electron chi connectivity index (χ0n) is 9.25. The van der Waals surface area contributed by atoms with E-state index < -0.39 is 0 Å². The minimum Gasteiger partial charge on any atom is -0.397 e. The van der Waals surface area contributed by atoms with Crippen LogP contribution in [0.1, 0.15) is 0 Å². The topological polar surface area (TPSA) is 56.7 Å². The molecule has 0 fully saturated rings. The lowest BCUT2D eigenvalue weighted by Gasteiger charge is -2.02. The molecule has 6 heteroatoms. The van der Waals surface area contributed by atoms with E-state index in [0.717, 1.165) is 16.3 Å². The summed E-state index contributed by atoms with van der Waals surface area (Å²) in [6.07, 6.45) is 1.87. The number of aromatic nitrogens is 3. The molecule has 0 bridgehead atoms. The van der Waals surface area contributed by atoms with Crippen molar-refractivity contribution in [2.75, 3.05) is 5.73 Å². The molecule has 0 aliphatic rings. The van der Waals surface area contributed by atoms with Crippen LogP contribution in [-0.4, -0.2) is 15.0 Å². The molecule has 2 N–H and O–H groups in total. The van der Waals surface area contributed by atoms with Gasteiger partial charge in [-0.25, -0.2) is 4.68 Å². The van der Waals surface area contributed by atoms with E-state index in [1.807, 2.05) is 29.8 Å². The van der Waals surface area contributed by atoms with Crippen molar-refractivity contribution in [3.8, 4) is 16.3 Å². The summed E-state index contributed by atoms with van der Waals surface area (Å²) in [7, 11) is 0. The van der Waals surface area contributed by atoms with E-state index in [2.05, 4.69) is 10.3 Å². The average Bonchev–Trinajstić information content (AvgIpc) is 3.01. The van der Waals surface area contributed by atoms with Crippen molar-refractivity contribution in [2.24, 2.45) is 0 Å². The van der Waals surface area contributed by atoms with Gasteiger partial charge in [0.2, 0.25) is 0 Å². The Morgan fingerprint density at radius 1 is 1.28 bits per heavy atom. The van der Waals surface area contributed by atoms with E-state index in [0.29, 0.717) is 10.7 Å². The average molecular weight is 277 g/mol. The lowest BCUT2D eigenvalue weighted by Crippen LogP contribution is -1.96. The van der Waals surface area contributed by atoms with Gasteiger partial charge in [-0.15, -0.1) is 16.4 Å². The third kappa shape index (κ3) is 1.98. The van der Waals surface area contributed by atoms with Gasteiger partial charge in [-0.05, 0) is 29.6 Å². The fraction of sp³-hybridized carbons (Fsp3) is 0. The van der Waals surface area contributed by atoms with Crippen LogP contribution in [0.3, 0.4) is 0 Å². The van der Waals surface area contributed by atoms with Crippen molar-refractivity contribution in [1.82, 2.24) is 15.0 Å². The predicted octanol–water partition coefficient (Wildman–Crippen LogP) is 3.23. The van der Waals surface area contributed by atoms with E-state index in [-0.39, 0.29) is 0 Å². The minimum absolute atomic E-state index is 0.530. The van der Waals surface area contributed by atoms with Crippen molar-refractivity contribution in [3.05, 3.63) is 46.9 Å². The van der Waals surface area contributed by atoms with Crippen LogP contribution in [0, 0.1) is 0 Å². The van der Waals surface area contributed by atoms with Gasteiger partial charge in [-0.1, -0.05) is 22.9 Å². The molecule has 1 aromatic carbocycles. The highest BCUT2D eigenvalue weighted by Crippen LogP contribution is 2.24. The molecular formula is C12H9ClN4S. The SMILES string of the molecule is Nc1cc(-n2cc(-c3cccs3)nn2)ccc1Cl. The molecule has 0 atom stereocenters. The number of thiophene rings is 1. The first-order chi connectivity index (χ1) is 8.74. The van der Waals surface area contributed by atoms with Crippen molar-refractivity contribution in [1.29, 1.82) is 0 Å². The van der Waals surface area contributed by atoms with E-state index in [9.17, 15) is 0 Å². The maximum atomic E-state index is 5.89. The van der Waals surface area contributed by atoms with Crippen LogP contribution < -0.4 is 5.73 Å². The van der Waals surface area contributed by atoms with E-state index >= 15 is 0 Å². The minimum atomic E-state index is 0.530. The van der Waals surface area contributed by atoms with Gasteiger partial charge in [0, 0.05) is 0 Å². The first kappa shape index (κ1) is 11.3. The first-order valence-corrected chi connectivity index (χ1v) is 6.51. The van der Waals surface area contributed by atoms with Crippen LogP contribution in [0.15, 0.2) is 41.9 Å². The monoisotopic (exact) mass is 276 g/mol.